The number of ether oxygens (including phenoxy) is 1. The van der Waals surface area contributed by atoms with Crippen molar-refractivity contribution in [3.63, 3.8) is 0 Å². The molecule has 29 heavy (non-hydrogen) atoms. The van der Waals surface area contributed by atoms with Gasteiger partial charge < -0.3 is 9.26 Å². The van der Waals surface area contributed by atoms with Crippen molar-refractivity contribution in [2.45, 2.75) is 44.8 Å². The van der Waals surface area contributed by atoms with Crippen molar-refractivity contribution >= 4 is 5.97 Å². The summed E-state index contributed by atoms with van der Waals surface area (Å²) in [5.41, 5.74) is 1.30. The number of carbonyl (C=O) groups is 1. The molecule has 2 aromatic heterocycles. The van der Waals surface area contributed by atoms with Gasteiger partial charge in [-0.05, 0) is 44.0 Å². The third kappa shape index (κ3) is 4.71. The van der Waals surface area contributed by atoms with Gasteiger partial charge >= 0.3 is 5.97 Å². The van der Waals surface area contributed by atoms with E-state index in [4.69, 9.17) is 9.26 Å². The van der Waals surface area contributed by atoms with Crippen molar-refractivity contribution < 1.29 is 14.1 Å². The average molecular weight is 395 g/mol. The summed E-state index contributed by atoms with van der Waals surface area (Å²) >= 11 is 0. The number of rotatable bonds is 7. The standard InChI is InChI=1S/C21H25N5O3/c1-28-21(27)17-8-6-16(7-9-17)20-23-19(29-24-20)15-25-12-3-2-5-18(25)10-14-26-13-4-11-22-26/h4,6-9,11,13,18H,2-3,5,10,12,14-15H2,1H3/t18-/m1/s1. The first-order chi connectivity index (χ1) is 14.2. The van der Waals surface area contributed by atoms with E-state index in [1.54, 1.807) is 24.3 Å². The van der Waals surface area contributed by atoms with Crippen LogP contribution in [0.3, 0.4) is 0 Å². The van der Waals surface area contributed by atoms with E-state index in [1.165, 1.54) is 26.4 Å². The van der Waals surface area contributed by atoms with E-state index in [0.29, 0.717) is 29.9 Å². The summed E-state index contributed by atoms with van der Waals surface area (Å²) in [5, 5.41) is 8.41. The first-order valence-corrected chi connectivity index (χ1v) is 9.96. The fourth-order valence-electron chi connectivity index (χ4n) is 3.79. The number of aromatic nitrogens is 4. The van der Waals surface area contributed by atoms with Gasteiger partial charge in [0.2, 0.25) is 11.7 Å². The third-order valence-electron chi connectivity index (χ3n) is 5.37. The Morgan fingerprint density at radius 2 is 2.14 bits per heavy atom. The molecule has 0 unspecified atom stereocenters. The highest BCUT2D eigenvalue weighted by Crippen LogP contribution is 2.23. The van der Waals surface area contributed by atoms with Crippen LogP contribution < -0.4 is 0 Å². The molecule has 3 aromatic rings. The highest BCUT2D eigenvalue weighted by Gasteiger charge is 2.24. The number of benzene rings is 1. The number of nitrogens with zero attached hydrogens (tertiary/aromatic N) is 5. The number of aryl methyl sites for hydroxylation is 1. The van der Waals surface area contributed by atoms with Gasteiger partial charge in [0.1, 0.15) is 0 Å². The van der Waals surface area contributed by atoms with Gasteiger partial charge in [-0.15, -0.1) is 0 Å². The number of methoxy groups -OCH3 is 1. The first-order valence-electron chi connectivity index (χ1n) is 9.96. The van der Waals surface area contributed by atoms with Crippen molar-refractivity contribution in [1.29, 1.82) is 0 Å². The van der Waals surface area contributed by atoms with Gasteiger partial charge in [-0.1, -0.05) is 23.7 Å². The van der Waals surface area contributed by atoms with Gasteiger partial charge in [0, 0.05) is 30.5 Å². The minimum absolute atomic E-state index is 0.364. The van der Waals surface area contributed by atoms with E-state index in [-0.39, 0.29) is 5.97 Å². The molecule has 8 nitrogen and oxygen atoms in total. The van der Waals surface area contributed by atoms with Crippen LogP contribution in [0, 0.1) is 0 Å². The Labute approximate surface area is 169 Å². The van der Waals surface area contributed by atoms with E-state index in [9.17, 15) is 4.79 Å². The molecule has 1 aliphatic rings. The van der Waals surface area contributed by atoms with Crippen LogP contribution in [0.4, 0.5) is 0 Å². The average Bonchev–Trinajstić information content (AvgIpc) is 3.45. The molecule has 1 atom stereocenters. The molecule has 0 radical (unpaired) electrons. The molecular weight excluding hydrogens is 370 g/mol. The zero-order valence-electron chi connectivity index (χ0n) is 16.5. The Bertz CT molecular complexity index is 920. The molecule has 3 heterocycles. The Morgan fingerprint density at radius 1 is 1.28 bits per heavy atom. The van der Waals surface area contributed by atoms with Gasteiger partial charge in [-0.3, -0.25) is 9.58 Å². The minimum atomic E-state index is -0.364. The maximum absolute atomic E-state index is 11.6. The highest BCUT2D eigenvalue weighted by atomic mass is 16.5. The second kappa shape index (κ2) is 9.00. The Hall–Kier alpha value is -3.00. The second-order valence-corrected chi connectivity index (χ2v) is 7.26. The summed E-state index contributed by atoms with van der Waals surface area (Å²) in [4.78, 5) is 18.6. The normalized spacial score (nSPS) is 17.3. The van der Waals surface area contributed by atoms with Crippen LogP contribution in [0.25, 0.3) is 11.4 Å². The number of piperidine rings is 1. The summed E-state index contributed by atoms with van der Waals surface area (Å²) in [6.07, 6.45) is 8.49. The van der Waals surface area contributed by atoms with Crippen molar-refractivity contribution in [2.75, 3.05) is 13.7 Å². The molecule has 0 spiro atoms. The fraction of sp³-hybridized carbons (Fsp3) is 0.429. The van der Waals surface area contributed by atoms with E-state index in [1.807, 2.05) is 23.1 Å². The van der Waals surface area contributed by atoms with Gasteiger partial charge in [-0.25, -0.2) is 4.79 Å². The Kier molecular flexibility index (Phi) is 6.00. The molecule has 1 saturated heterocycles. The molecule has 1 fully saturated rings. The largest absolute Gasteiger partial charge is 0.465 e. The molecule has 4 rings (SSSR count). The zero-order chi connectivity index (χ0) is 20.1. The summed E-state index contributed by atoms with van der Waals surface area (Å²) in [7, 11) is 1.37. The predicted molar refractivity (Wildman–Crippen MR) is 106 cm³/mol. The van der Waals surface area contributed by atoms with E-state index < -0.39 is 0 Å². The summed E-state index contributed by atoms with van der Waals surface area (Å²) in [5.74, 6) is 0.779. The van der Waals surface area contributed by atoms with E-state index in [2.05, 4.69) is 20.1 Å². The summed E-state index contributed by atoms with van der Waals surface area (Å²) in [6, 6.07) is 9.45. The van der Waals surface area contributed by atoms with Crippen molar-refractivity contribution in [3.05, 3.63) is 54.2 Å². The molecule has 0 saturated carbocycles. The molecule has 1 aromatic carbocycles. The summed E-state index contributed by atoms with van der Waals surface area (Å²) < 4.78 is 12.2. The van der Waals surface area contributed by atoms with Crippen LogP contribution in [0.5, 0.6) is 0 Å². The molecule has 0 amide bonds. The van der Waals surface area contributed by atoms with Crippen molar-refractivity contribution in [1.82, 2.24) is 24.8 Å². The predicted octanol–water partition coefficient (Wildman–Crippen LogP) is 3.16. The summed E-state index contributed by atoms with van der Waals surface area (Å²) in [6.45, 7) is 2.60. The monoisotopic (exact) mass is 395 g/mol. The number of hydrogen-bond acceptors (Lipinski definition) is 7. The molecular formula is C21H25N5O3. The molecule has 0 bridgehead atoms. The molecule has 8 heteroatoms. The van der Waals surface area contributed by atoms with Gasteiger partial charge in [0.05, 0.1) is 19.2 Å². The Balaban J connectivity index is 1.39. The van der Waals surface area contributed by atoms with E-state index in [0.717, 1.165) is 25.1 Å². The van der Waals surface area contributed by atoms with Gasteiger partial charge in [-0.2, -0.15) is 10.1 Å². The topological polar surface area (TPSA) is 86.3 Å². The number of carbonyl (C=O) groups excluding carboxylic acids is 1. The Morgan fingerprint density at radius 3 is 2.90 bits per heavy atom. The van der Waals surface area contributed by atoms with Crippen molar-refractivity contribution in [3.8, 4) is 11.4 Å². The highest BCUT2D eigenvalue weighted by molar-refractivity contribution is 5.89. The lowest BCUT2D eigenvalue weighted by Crippen LogP contribution is -2.39. The molecule has 0 aliphatic carbocycles. The van der Waals surface area contributed by atoms with Crippen LogP contribution in [0.1, 0.15) is 41.9 Å². The quantitative estimate of drug-likeness (QED) is 0.568. The van der Waals surface area contributed by atoms with Gasteiger partial charge in [0.15, 0.2) is 0 Å². The lowest BCUT2D eigenvalue weighted by Gasteiger charge is -2.34. The van der Waals surface area contributed by atoms with Crippen LogP contribution >= 0.6 is 0 Å². The van der Waals surface area contributed by atoms with Crippen LogP contribution in [0.15, 0.2) is 47.2 Å². The van der Waals surface area contributed by atoms with Crippen LogP contribution in [-0.4, -0.2) is 50.5 Å². The van der Waals surface area contributed by atoms with Crippen molar-refractivity contribution in [2.24, 2.45) is 0 Å². The maximum Gasteiger partial charge on any atom is 0.337 e. The number of hydrogen-bond donors (Lipinski definition) is 0. The van der Waals surface area contributed by atoms with E-state index >= 15 is 0 Å². The molecule has 1 aliphatic heterocycles. The van der Waals surface area contributed by atoms with Gasteiger partial charge in [0.25, 0.3) is 0 Å². The lowest BCUT2D eigenvalue weighted by molar-refractivity contribution is 0.0600. The second-order valence-electron chi connectivity index (χ2n) is 7.26. The fourth-order valence-corrected chi connectivity index (χ4v) is 3.79. The van der Waals surface area contributed by atoms with Crippen LogP contribution in [-0.2, 0) is 17.8 Å². The molecule has 0 N–H and O–H groups in total. The third-order valence-corrected chi connectivity index (χ3v) is 5.37. The lowest BCUT2D eigenvalue weighted by atomic mass is 9.99. The number of likely N-dealkylation sites (tertiary alicyclic amines) is 1. The maximum atomic E-state index is 11.6. The minimum Gasteiger partial charge on any atom is -0.465 e. The first kappa shape index (κ1) is 19.3. The smallest absolute Gasteiger partial charge is 0.337 e. The molecule has 152 valence electrons. The SMILES string of the molecule is COC(=O)c1ccc(-c2noc(CN3CCCC[C@@H]3CCn3cccn3)n2)cc1. The zero-order valence-corrected chi connectivity index (χ0v) is 16.5. The number of esters is 1. The van der Waals surface area contributed by atoms with Crippen LogP contribution in [0.2, 0.25) is 0 Å².